The van der Waals surface area contributed by atoms with E-state index in [1.54, 1.807) is 18.2 Å². The standard InChI is InChI=1S/C19H22O4/c1-12(2)9-10-22-17(13(3)4)11-15-16(20)7-5-14-6-8-18(21)23-19(14)15/h5-9,17,20H,3,10-11H2,1-2,4H3/t17-/m0/s1. The Hall–Kier alpha value is -2.33. The van der Waals surface area contributed by atoms with E-state index in [9.17, 15) is 9.90 Å². The summed E-state index contributed by atoms with van der Waals surface area (Å²) in [6, 6.07) is 6.37. The lowest BCUT2D eigenvalue weighted by atomic mass is 10.00. The van der Waals surface area contributed by atoms with Gasteiger partial charge in [-0.3, -0.25) is 0 Å². The van der Waals surface area contributed by atoms with E-state index >= 15 is 0 Å². The molecule has 0 aliphatic carbocycles. The van der Waals surface area contributed by atoms with Crippen molar-refractivity contribution in [3.8, 4) is 5.75 Å². The van der Waals surface area contributed by atoms with Gasteiger partial charge >= 0.3 is 5.63 Å². The molecule has 0 spiro atoms. The molecular formula is C19H22O4. The number of fused-ring (bicyclic) bond motifs is 1. The SMILES string of the molecule is C=C(C)[C@H](Cc1c(O)ccc2ccc(=O)oc12)OCC=C(C)C. The van der Waals surface area contributed by atoms with Crippen LogP contribution in [-0.4, -0.2) is 17.8 Å². The van der Waals surface area contributed by atoms with Crippen molar-refractivity contribution in [1.82, 2.24) is 0 Å². The second kappa shape index (κ2) is 7.29. The van der Waals surface area contributed by atoms with Crippen LogP contribution in [0.5, 0.6) is 5.75 Å². The van der Waals surface area contributed by atoms with E-state index in [1.165, 1.54) is 11.6 Å². The Kier molecular flexibility index (Phi) is 5.40. The number of allylic oxidation sites excluding steroid dienone is 1. The minimum atomic E-state index is -0.443. The van der Waals surface area contributed by atoms with Crippen molar-refractivity contribution in [1.29, 1.82) is 0 Å². The van der Waals surface area contributed by atoms with Crippen LogP contribution in [0.25, 0.3) is 11.0 Å². The van der Waals surface area contributed by atoms with Crippen molar-refractivity contribution in [2.75, 3.05) is 6.61 Å². The summed E-state index contributed by atoms with van der Waals surface area (Å²) in [5, 5.41) is 11.0. The van der Waals surface area contributed by atoms with Crippen LogP contribution in [0.2, 0.25) is 0 Å². The fraction of sp³-hybridized carbons (Fsp3) is 0.316. The summed E-state index contributed by atoms with van der Waals surface area (Å²) < 4.78 is 11.1. The summed E-state index contributed by atoms with van der Waals surface area (Å²) in [6.07, 6.45) is 2.11. The number of rotatable bonds is 6. The van der Waals surface area contributed by atoms with E-state index in [1.807, 2.05) is 26.8 Å². The summed E-state index contributed by atoms with van der Waals surface area (Å²) in [5.41, 5.74) is 2.54. The molecule has 2 rings (SSSR count). The smallest absolute Gasteiger partial charge is 0.336 e. The van der Waals surface area contributed by atoms with E-state index in [0.29, 0.717) is 24.2 Å². The molecule has 0 saturated heterocycles. The lowest BCUT2D eigenvalue weighted by molar-refractivity contribution is 0.100. The molecule has 1 heterocycles. The molecule has 1 N–H and O–H groups in total. The summed E-state index contributed by atoms with van der Waals surface area (Å²) in [7, 11) is 0. The van der Waals surface area contributed by atoms with Gasteiger partial charge in [0.1, 0.15) is 11.3 Å². The largest absolute Gasteiger partial charge is 0.508 e. The van der Waals surface area contributed by atoms with Gasteiger partial charge < -0.3 is 14.3 Å². The maximum Gasteiger partial charge on any atom is 0.336 e. The Labute approximate surface area is 135 Å². The van der Waals surface area contributed by atoms with Gasteiger partial charge in [-0.15, -0.1) is 0 Å². The second-order valence-corrected chi connectivity index (χ2v) is 5.89. The zero-order valence-electron chi connectivity index (χ0n) is 13.8. The van der Waals surface area contributed by atoms with Crippen LogP contribution in [-0.2, 0) is 11.2 Å². The van der Waals surface area contributed by atoms with Crippen molar-refractivity contribution in [3.05, 3.63) is 64.1 Å². The first-order valence-electron chi connectivity index (χ1n) is 7.53. The first-order valence-corrected chi connectivity index (χ1v) is 7.53. The van der Waals surface area contributed by atoms with Gasteiger partial charge in [-0.05, 0) is 39.0 Å². The summed E-state index contributed by atoms with van der Waals surface area (Å²) in [6.45, 7) is 10.3. The van der Waals surface area contributed by atoms with Crippen molar-refractivity contribution in [2.45, 2.75) is 33.3 Å². The van der Waals surface area contributed by atoms with Crippen molar-refractivity contribution in [2.24, 2.45) is 0 Å². The molecule has 1 aromatic carbocycles. The third kappa shape index (κ3) is 4.33. The van der Waals surface area contributed by atoms with E-state index in [2.05, 4.69) is 6.58 Å². The van der Waals surface area contributed by atoms with Gasteiger partial charge in [0.2, 0.25) is 0 Å². The van der Waals surface area contributed by atoms with Gasteiger partial charge in [0, 0.05) is 23.4 Å². The van der Waals surface area contributed by atoms with Crippen LogP contribution in [0.3, 0.4) is 0 Å². The van der Waals surface area contributed by atoms with Gasteiger partial charge in [0.25, 0.3) is 0 Å². The zero-order valence-corrected chi connectivity index (χ0v) is 13.8. The highest BCUT2D eigenvalue weighted by Gasteiger charge is 2.17. The minimum Gasteiger partial charge on any atom is -0.508 e. The molecule has 0 amide bonds. The Balaban J connectivity index is 2.36. The number of hydrogen-bond acceptors (Lipinski definition) is 4. The number of phenols is 1. The predicted molar refractivity (Wildman–Crippen MR) is 91.8 cm³/mol. The second-order valence-electron chi connectivity index (χ2n) is 5.89. The fourth-order valence-corrected chi connectivity index (χ4v) is 2.27. The van der Waals surface area contributed by atoms with Crippen molar-refractivity contribution in [3.63, 3.8) is 0 Å². The molecule has 122 valence electrons. The minimum absolute atomic E-state index is 0.0870. The normalized spacial score (nSPS) is 12.1. The molecule has 4 nitrogen and oxygen atoms in total. The maximum absolute atomic E-state index is 11.5. The van der Waals surface area contributed by atoms with Gasteiger partial charge in [-0.25, -0.2) is 4.79 Å². The predicted octanol–water partition coefficient (Wildman–Crippen LogP) is 3.97. The molecule has 0 aliphatic rings. The molecule has 1 aromatic heterocycles. The van der Waals surface area contributed by atoms with E-state index in [0.717, 1.165) is 11.0 Å². The highest BCUT2D eigenvalue weighted by Crippen LogP contribution is 2.29. The van der Waals surface area contributed by atoms with E-state index in [-0.39, 0.29) is 11.9 Å². The zero-order chi connectivity index (χ0) is 17.0. The van der Waals surface area contributed by atoms with Crippen LogP contribution >= 0.6 is 0 Å². The monoisotopic (exact) mass is 314 g/mol. The van der Waals surface area contributed by atoms with E-state index < -0.39 is 5.63 Å². The number of benzene rings is 1. The Bertz CT molecular complexity index is 795. The molecule has 0 bridgehead atoms. The number of aromatic hydroxyl groups is 1. The lowest BCUT2D eigenvalue weighted by Crippen LogP contribution is -2.18. The third-order valence-electron chi connectivity index (χ3n) is 3.60. The molecule has 1 atom stereocenters. The van der Waals surface area contributed by atoms with Crippen LogP contribution in [0.1, 0.15) is 26.3 Å². The van der Waals surface area contributed by atoms with Gasteiger partial charge in [0.05, 0.1) is 12.7 Å². The van der Waals surface area contributed by atoms with Gasteiger partial charge in [-0.2, -0.15) is 0 Å². The molecule has 0 saturated carbocycles. The summed E-state index contributed by atoms with van der Waals surface area (Å²) >= 11 is 0. The Morgan fingerprint density at radius 1 is 1.30 bits per heavy atom. The average molecular weight is 314 g/mol. The topological polar surface area (TPSA) is 59.7 Å². The van der Waals surface area contributed by atoms with Crippen LogP contribution in [0.4, 0.5) is 0 Å². The van der Waals surface area contributed by atoms with Crippen LogP contribution in [0.15, 0.2) is 57.3 Å². The van der Waals surface area contributed by atoms with Gasteiger partial charge in [-0.1, -0.05) is 23.8 Å². The summed E-state index contributed by atoms with van der Waals surface area (Å²) in [5.74, 6) is 0.0870. The first-order chi connectivity index (χ1) is 10.9. The first kappa shape index (κ1) is 17.0. The average Bonchev–Trinajstić information content (AvgIpc) is 2.48. The highest BCUT2D eigenvalue weighted by molar-refractivity contribution is 5.82. The Morgan fingerprint density at radius 2 is 2.00 bits per heavy atom. The molecule has 0 unspecified atom stereocenters. The molecular weight excluding hydrogens is 292 g/mol. The van der Waals surface area contributed by atoms with Crippen LogP contribution < -0.4 is 5.63 Å². The van der Waals surface area contributed by atoms with Crippen molar-refractivity contribution >= 4 is 11.0 Å². The summed E-state index contributed by atoms with van der Waals surface area (Å²) in [4.78, 5) is 11.5. The maximum atomic E-state index is 11.5. The molecule has 23 heavy (non-hydrogen) atoms. The molecule has 4 heteroatoms. The molecule has 0 aliphatic heterocycles. The van der Waals surface area contributed by atoms with Crippen LogP contribution in [0, 0.1) is 0 Å². The fourth-order valence-electron chi connectivity index (χ4n) is 2.27. The molecule has 0 radical (unpaired) electrons. The Morgan fingerprint density at radius 3 is 2.65 bits per heavy atom. The number of phenolic OH excluding ortho intramolecular Hbond substituents is 1. The van der Waals surface area contributed by atoms with Crippen molar-refractivity contribution < 1.29 is 14.3 Å². The lowest BCUT2D eigenvalue weighted by Gasteiger charge is -2.18. The quantitative estimate of drug-likeness (QED) is 0.647. The van der Waals surface area contributed by atoms with Gasteiger partial charge in [0.15, 0.2) is 0 Å². The number of ether oxygens (including phenoxy) is 1. The molecule has 2 aromatic rings. The highest BCUT2D eigenvalue weighted by atomic mass is 16.5. The molecule has 0 fully saturated rings. The third-order valence-corrected chi connectivity index (χ3v) is 3.60. The number of hydrogen-bond donors (Lipinski definition) is 1. The van der Waals surface area contributed by atoms with E-state index in [4.69, 9.17) is 9.15 Å².